The standard InChI is InChI=1S/C44H87NO6S/c1-3-5-7-9-11-13-15-17-19-21-22-23-25-26-28-30-32-34-36-38-42(46)41(40-52(49,50)51)45-44(48)43(47)39-37-35-33-31-29-27-24-20-18-16-14-12-10-8-6-4-2/h18,20,41-43,46-47H,3-17,19,21-40H2,1-2H3,(H,45,48)(H,49,50,51)/b20-18-. The lowest BCUT2D eigenvalue weighted by Crippen LogP contribution is -2.50. The van der Waals surface area contributed by atoms with Crippen molar-refractivity contribution in [2.45, 2.75) is 257 Å². The summed E-state index contributed by atoms with van der Waals surface area (Å²) in [6.45, 7) is 4.52. The Balaban J connectivity index is 3.92. The van der Waals surface area contributed by atoms with Gasteiger partial charge in [0.15, 0.2) is 0 Å². The molecule has 0 aliphatic rings. The van der Waals surface area contributed by atoms with Gasteiger partial charge in [-0.2, -0.15) is 8.42 Å². The molecule has 8 heteroatoms. The van der Waals surface area contributed by atoms with Crippen molar-refractivity contribution in [1.29, 1.82) is 0 Å². The maximum absolute atomic E-state index is 12.6. The van der Waals surface area contributed by atoms with Gasteiger partial charge in [-0.15, -0.1) is 0 Å². The van der Waals surface area contributed by atoms with Gasteiger partial charge in [0, 0.05) is 0 Å². The van der Waals surface area contributed by atoms with Gasteiger partial charge in [0.2, 0.25) is 5.91 Å². The fraction of sp³-hybridized carbons (Fsp3) is 0.932. The predicted molar refractivity (Wildman–Crippen MR) is 222 cm³/mol. The number of carbonyl (C=O) groups is 1. The largest absolute Gasteiger partial charge is 0.391 e. The van der Waals surface area contributed by atoms with Crippen molar-refractivity contribution in [2.75, 3.05) is 5.75 Å². The summed E-state index contributed by atoms with van der Waals surface area (Å²) in [4.78, 5) is 12.6. The second kappa shape index (κ2) is 38.3. The molecule has 0 bridgehead atoms. The van der Waals surface area contributed by atoms with Crippen LogP contribution in [0.25, 0.3) is 0 Å². The number of unbranched alkanes of at least 4 members (excludes halogenated alkanes) is 30. The molecule has 0 aliphatic heterocycles. The highest BCUT2D eigenvalue weighted by molar-refractivity contribution is 7.85. The van der Waals surface area contributed by atoms with Gasteiger partial charge >= 0.3 is 0 Å². The van der Waals surface area contributed by atoms with Crippen LogP contribution in [0, 0.1) is 0 Å². The molecule has 3 atom stereocenters. The number of amides is 1. The van der Waals surface area contributed by atoms with Crippen molar-refractivity contribution in [3.63, 3.8) is 0 Å². The van der Waals surface area contributed by atoms with Crippen LogP contribution in [0.2, 0.25) is 0 Å². The molecule has 0 spiro atoms. The maximum Gasteiger partial charge on any atom is 0.266 e. The van der Waals surface area contributed by atoms with Crippen LogP contribution in [0.15, 0.2) is 12.2 Å². The van der Waals surface area contributed by atoms with Crippen LogP contribution in [0.3, 0.4) is 0 Å². The number of allylic oxidation sites excluding steroid dienone is 2. The molecule has 3 unspecified atom stereocenters. The van der Waals surface area contributed by atoms with Crippen LogP contribution >= 0.6 is 0 Å². The number of hydrogen-bond donors (Lipinski definition) is 4. The topological polar surface area (TPSA) is 124 Å². The number of aliphatic hydroxyl groups excluding tert-OH is 2. The van der Waals surface area contributed by atoms with E-state index in [1.807, 2.05) is 0 Å². The lowest BCUT2D eigenvalue weighted by molar-refractivity contribution is -0.131. The SMILES string of the molecule is CCCCCCCC/C=C\CCCCCCCCC(O)C(=O)NC(CS(=O)(=O)O)C(O)CCCCCCCCCCCCCCCCCCCCC. The van der Waals surface area contributed by atoms with Gasteiger partial charge in [-0.3, -0.25) is 9.35 Å². The quantitative estimate of drug-likeness (QED) is 0.0280. The number of carbonyl (C=O) groups excluding carboxylic acids is 1. The zero-order valence-electron chi connectivity index (χ0n) is 34.3. The lowest BCUT2D eigenvalue weighted by Gasteiger charge is -2.24. The average molecular weight is 758 g/mol. The maximum atomic E-state index is 12.6. The minimum absolute atomic E-state index is 0.293. The number of aliphatic hydroxyl groups is 2. The normalized spacial score (nSPS) is 13.9. The van der Waals surface area contributed by atoms with Gasteiger partial charge < -0.3 is 15.5 Å². The molecule has 0 heterocycles. The highest BCUT2D eigenvalue weighted by atomic mass is 32.2. The first-order valence-corrected chi connectivity index (χ1v) is 24.1. The molecule has 0 rings (SSSR count). The summed E-state index contributed by atoms with van der Waals surface area (Å²) in [6, 6.07) is -1.15. The Hall–Kier alpha value is -0.960. The summed E-state index contributed by atoms with van der Waals surface area (Å²) in [5.41, 5.74) is 0. The van der Waals surface area contributed by atoms with Crippen LogP contribution < -0.4 is 5.32 Å². The van der Waals surface area contributed by atoms with E-state index in [0.717, 1.165) is 51.4 Å². The molecular weight excluding hydrogens is 671 g/mol. The van der Waals surface area contributed by atoms with Gasteiger partial charge in [-0.25, -0.2) is 0 Å². The van der Waals surface area contributed by atoms with E-state index in [2.05, 4.69) is 31.3 Å². The molecule has 52 heavy (non-hydrogen) atoms. The lowest BCUT2D eigenvalue weighted by atomic mass is 10.0. The smallest absolute Gasteiger partial charge is 0.266 e. The fourth-order valence-corrected chi connectivity index (χ4v) is 7.86. The highest BCUT2D eigenvalue weighted by Crippen LogP contribution is 2.17. The van der Waals surface area contributed by atoms with Crippen molar-refractivity contribution in [2.24, 2.45) is 0 Å². The van der Waals surface area contributed by atoms with E-state index in [4.69, 9.17) is 0 Å². The Morgan fingerprint density at radius 1 is 0.500 bits per heavy atom. The molecular formula is C44H87NO6S. The summed E-state index contributed by atoms with van der Waals surface area (Å²) in [7, 11) is -4.41. The van der Waals surface area contributed by atoms with E-state index >= 15 is 0 Å². The molecule has 1 amide bonds. The zero-order chi connectivity index (χ0) is 38.4. The van der Waals surface area contributed by atoms with E-state index in [1.165, 1.54) is 154 Å². The van der Waals surface area contributed by atoms with Crippen LogP contribution in [-0.2, 0) is 14.9 Å². The minimum atomic E-state index is -4.41. The molecule has 0 aromatic rings. The Kier molecular flexibility index (Phi) is 37.6. The Morgan fingerprint density at radius 2 is 0.808 bits per heavy atom. The van der Waals surface area contributed by atoms with Crippen molar-refractivity contribution >= 4 is 16.0 Å². The molecule has 0 aromatic carbocycles. The molecule has 0 saturated heterocycles. The first-order chi connectivity index (χ1) is 25.2. The average Bonchev–Trinajstić information content (AvgIpc) is 3.11. The van der Waals surface area contributed by atoms with E-state index in [-0.39, 0.29) is 0 Å². The van der Waals surface area contributed by atoms with Gasteiger partial charge in [0.05, 0.1) is 17.9 Å². The third-order valence-corrected chi connectivity index (χ3v) is 11.4. The second-order valence-electron chi connectivity index (χ2n) is 15.8. The molecule has 7 nitrogen and oxygen atoms in total. The Bertz CT molecular complexity index is 895. The van der Waals surface area contributed by atoms with E-state index in [9.17, 15) is 28.0 Å². The summed E-state index contributed by atoms with van der Waals surface area (Å²) < 4.78 is 32.7. The molecule has 0 aromatic heterocycles. The predicted octanol–water partition coefficient (Wildman–Crippen LogP) is 12.3. The van der Waals surface area contributed by atoms with Crippen molar-refractivity contribution in [3.05, 3.63) is 12.2 Å². The third kappa shape index (κ3) is 37.4. The summed E-state index contributed by atoms with van der Waals surface area (Å²) in [5.74, 6) is -1.45. The van der Waals surface area contributed by atoms with Crippen molar-refractivity contribution in [1.82, 2.24) is 5.32 Å². The number of hydrogen-bond acceptors (Lipinski definition) is 5. The Morgan fingerprint density at radius 3 is 1.15 bits per heavy atom. The zero-order valence-corrected chi connectivity index (χ0v) is 35.1. The summed E-state index contributed by atoms with van der Waals surface area (Å²) in [5, 5.41) is 23.6. The Labute approximate surface area is 323 Å². The van der Waals surface area contributed by atoms with Crippen LogP contribution in [0.5, 0.6) is 0 Å². The van der Waals surface area contributed by atoms with E-state index in [1.54, 1.807) is 0 Å². The minimum Gasteiger partial charge on any atom is -0.391 e. The van der Waals surface area contributed by atoms with Gasteiger partial charge in [0.1, 0.15) is 6.10 Å². The fourth-order valence-electron chi connectivity index (χ4n) is 7.10. The molecule has 0 aliphatic carbocycles. The molecule has 310 valence electrons. The van der Waals surface area contributed by atoms with Gasteiger partial charge in [0.25, 0.3) is 10.1 Å². The van der Waals surface area contributed by atoms with Gasteiger partial charge in [-0.05, 0) is 38.5 Å². The highest BCUT2D eigenvalue weighted by Gasteiger charge is 2.28. The monoisotopic (exact) mass is 758 g/mol. The molecule has 0 saturated carbocycles. The number of nitrogens with one attached hydrogen (secondary N) is 1. The van der Waals surface area contributed by atoms with Crippen LogP contribution in [0.1, 0.15) is 239 Å². The second-order valence-corrected chi connectivity index (χ2v) is 17.3. The summed E-state index contributed by atoms with van der Waals surface area (Å²) >= 11 is 0. The van der Waals surface area contributed by atoms with Crippen molar-refractivity contribution in [3.8, 4) is 0 Å². The van der Waals surface area contributed by atoms with Crippen LogP contribution in [-0.4, -0.2) is 53.1 Å². The van der Waals surface area contributed by atoms with E-state index in [0.29, 0.717) is 19.3 Å². The summed E-state index contributed by atoms with van der Waals surface area (Å²) in [6.07, 6.45) is 43.7. The van der Waals surface area contributed by atoms with Crippen molar-refractivity contribution < 1.29 is 28.0 Å². The van der Waals surface area contributed by atoms with Crippen LogP contribution in [0.4, 0.5) is 0 Å². The molecule has 0 radical (unpaired) electrons. The number of rotatable bonds is 41. The van der Waals surface area contributed by atoms with E-state index < -0.39 is 40.0 Å². The third-order valence-electron chi connectivity index (χ3n) is 10.6. The molecule has 4 N–H and O–H groups in total. The first-order valence-electron chi connectivity index (χ1n) is 22.5. The van der Waals surface area contributed by atoms with Gasteiger partial charge in [-0.1, -0.05) is 212 Å². The molecule has 0 fully saturated rings. The first kappa shape index (κ1) is 51.0.